The summed E-state index contributed by atoms with van der Waals surface area (Å²) in [6.07, 6.45) is 2.57. The van der Waals surface area contributed by atoms with E-state index in [9.17, 15) is 4.79 Å². The molecule has 1 saturated heterocycles. The SMILES string of the molecule is CCNC(=NCCC(c1ccccc1)c1ccccc1)N1CCC(C(=O)OC)CC1.I. The van der Waals surface area contributed by atoms with Gasteiger partial charge in [-0.15, -0.1) is 24.0 Å². The lowest BCUT2D eigenvalue weighted by atomic mass is 9.89. The second kappa shape index (κ2) is 13.3. The van der Waals surface area contributed by atoms with Crippen LogP contribution < -0.4 is 5.32 Å². The number of hydrogen-bond acceptors (Lipinski definition) is 3. The highest BCUT2D eigenvalue weighted by atomic mass is 127. The molecule has 1 N–H and O–H groups in total. The summed E-state index contributed by atoms with van der Waals surface area (Å²) in [7, 11) is 1.47. The van der Waals surface area contributed by atoms with Crippen LogP contribution in [0, 0.1) is 5.92 Å². The Labute approximate surface area is 203 Å². The van der Waals surface area contributed by atoms with Crippen molar-refractivity contribution in [2.45, 2.75) is 32.1 Å². The predicted molar refractivity (Wildman–Crippen MR) is 137 cm³/mol. The molecule has 1 aliphatic rings. The van der Waals surface area contributed by atoms with Gasteiger partial charge >= 0.3 is 5.97 Å². The maximum atomic E-state index is 11.8. The molecule has 1 aliphatic heterocycles. The Morgan fingerprint density at radius 2 is 1.61 bits per heavy atom. The number of methoxy groups -OCH3 is 1. The van der Waals surface area contributed by atoms with Crippen LogP contribution >= 0.6 is 24.0 Å². The van der Waals surface area contributed by atoms with Crippen molar-refractivity contribution >= 4 is 35.9 Å². The molecule has 1 fully saturated rings. The molecule has 0 atom stereocenters. The van der Waals surface area contributed by atoms with Crippen LogP contribution in [0.3, 0.4) is 0 Å². The summed E-state index contributed by atoms with van der Waals surface area (Å²) in [5, 5.41) is 3.42. The van der Waals surface area contributed by atoms with E-state index in [2.05, 4.69) is 77.8 Å². The second-order valence-corrected chi connectivity index (χ2v) is 7.68. The molecule has 5 nitrogen and oxygen atoms in total. The monoisotopic (exact) mass is 535 g/mol. The van der Waals surface area contributed by atoms with Crippen molar-refractivity contribution in [3.63, 3.8) is 0 Å². The van der Waals surface area contributed by atoms with Gasteiger partial charge in [-0.1, -0.05) is 60.7 Å². The molecule has 0 spiro atoms. The van der Waals surface area contributed by atoms with E-state index < -0.39 is 0 Å². The number of rotatable bonds is 7. The first-order chi connectivity index (χ1) is 14.7. The molecule has 0 aliphatic carbocycles. The predicted octanol–water partition coefficient (Wildman–Crippen LogP) is 4.68. The third kappa shape index (κ3) is 7.23. The Morgan fingerprint density at radius 3 is 2.10 bits per heavy atom. The fourth-order valence-corrected chi connectivity index (χ4v) is 4.12. The van der Waals surface area contributed by atoms with Gasteiger partial charge in [0.25, 0.3) is 0 Å². The quantitative estimate of drug-likeness (QED) is 0.242. The molecule has 31 heavy (non-hydrogen) atoms. The summed E-state index contributed by atoms with van der Waals surface area (Å²) >= 11 is 0. The van der Waals surface area contributed by atoms with Gasteiger partial charge in [0.15, 0.2) is 5.96 Å². The number of halogens is 1. The van der Waals surface area contributed by atoms with Crippen molar-refractivity contribution in [1.82, 2.24) is 10.2 Å². The molecular formula is C25H34IN3O2. The Kier molecular flexibility index (Phi) is 10.8. The number of hydrogen-bond donors (Lipinski definition) is 1. The normalized spacial score (nSPS) is 14.8. The van der Waals surface area contributed by atoms with Gasteiger partial charge < -0.3 is 15.0 Å². The van der Waals surface area contributed by atoms with E-state index in [-0.39, 0.29) is 35.9 Å². The molecule has 0 radical (unpaired) electrons. The number of nitrogens with one attached hydrogen (secondary N) is 1. The Bertz CT molecular complexity index is 767. The lowest BCUT2D eigenvalue weighted by Crippen LogP contribution is -2.46. The Balaban J connectivity index is 0.00000341. The standard InChI is InChI=1S/C25H33N3O2.HI/c1-3-26-25(28-18-15-22(16-19-28)24(29)30-2)27-17-14-23(20-10-6-4-7-11-20)21-12-8-5-9-13-21;/h4-13,22-23H,3,14-19H2,1-2H3,(H,26,27);1H. The van der Waals surface area contributed by atoms with Crippen LogP contribution in [-0.4, -0.2) is 50.1 Å². The number of carbonyl (C=O) groups is 1. The van der Waals surface area contributed by atoms with Gasteiger partial charge in [-0.3, -0.25) is 9.79 Å². The first-order valence-corrected chi connectivity index (χ1v) is 10.9. The van der Waals surface area contributed by atoms with Gasteiger partial charge in [-0.2, -0.15) is 0 Å². The maximum Gasteiger partial charge on any atom is 0.308 e. The zero-order valence-electron chi connectivity index (χ0n) is 18.5. The average molecular weight is 535 g/mol. The van der Waals surface area contributed by atoms with Crippen LogP contribution in [0.25, 0.3) is 0 Å². The van der Waals surface area contributed by atoms with Crippen LogP contribution in [0.4, 0.5) is 0 Å². The molecule has 2 aromatic carbocycles. The molecule has 168 valence electrons. The topological polar surface area (TPSA) is 53.9 Å². The number of carbonyl (C=O) groups excluding carboxylic acids is 1. The van der Waals surface area contributed by atoms with E-state index in [0.717, 1.165) is 51.4 Å². The molecule has 0 unspecified atom stereocenters. The average Bonchev–Trinajstić information content (AvgIpc) is 2.82. The third-order valence-electron chi connectivity index (χ3n) is 5.75. The number of piperidine rings is 1. The lowest BCUT2D eigenvalue weighted by molar-refractivity contribution is -0.146. The largest absolute Gasteiger partial charge is 0.469 e. The molecule has 3 rings (SSSR count). The van der Waals surface area contributed by atoms with Gasteiger partial charge in [0.1, 0.15) is 0 Å². The zero-order valence-corrected chi connectivity index (χ0v) is 20.8. The Morgan fingerprint density at radius 1 is 1.06 bits per heavy atom. The van der Waals surface area contributed by atoms with Crippen LogP contribution in [0.2, 0.25) is 0 Å². The number of ether oxygens (including phenoxy) is 1. The molecule has 0 amide bonds. The van der Waals surface area contributed by atoms with Crippen LogP contribution in [0.15, 0.2) is 65.7 Å². The summed E-state index contributed by atoms with van der Waals surface area (Å²) in [5.41, 5.74) is 2.64. The van der Waals surface area contributed by atoms with Crippen LogP contribution in [0.1, 0.15) is 43.2 Å². The molecule has 6 heteroatoms. The Hall–Kier alpha value is -2.09. The highest BCUT2D eigenvalue weighted by molar-refractivity contribution is 14.0. The summed E-state index contributed by atoms with van der Waals surface area (Å²) in [5.74, 6) is 1.18. The van der Waals surface area contributed by atoms with Crippen LogP contribution in [0.5, 0.6) is 0 Å². The summed E-state index contributed by atoms with van der Waals surface area (Å²) in [4.78, 5) is 19.0. The minimum Gasteiger partial charge on any atom is -0.469 e. The van der Waals surface area contributed by atoms with Crippen molar-refractivity contribution in [2.75, 3.05) is 33.3 Å². The van der Waals surface area contributed by atoms with Crippen molar-refractivity contribution in [3.8, 4) is 0 Å². The number of esters is 1. The maximum absolute atomic E-state index is 11.8. The summed E-state index contributed by atoms with van der Waals surface area (Å²) in [6.45, 7) is 5.32. The smallest absolute Gasteiger partial charge is 0.308 e. The number of benzene rings is 2. The highest BCUT2D eigenvalue weighted by Gasteiger charge is 2.27. The van der Waals surface area contributed by atoms with Gasteiger partial charge in [-0.05, 0) is 37.3 Å². The molecular weight excluding hydrogens is 501 g/mol. The van der Waals surface area contributed by atoms with E-state index in [0.29, 0.717) is 5.92 Å². The van der Waals surface area contributed by atoms with E-state index in [1.807, 2.05) is 0 Å². The molecule has 1 heterocycles. The summed E-state index contributed by atoms with van der Waals surface area (Å²) in [6, 6.07) is 21.3. The van der Waals surface area contributed by atoms with Gasteiger partial charge in [-0.25, -0.2) is 0 Å². The third-order valence-corrected chi connectivity index (χ3v) is 5.75. The minimum absolute atomic E-state index is 0. The molecule has 0 saturated carbocycles. The molecule has 0 aromatic heterocycles. The van der Waals surface area contributed by atoms with Crippen molar-refractivity contribution in [2.24, 2.45) is 10.9 Å². The fourth-order valence-electron chi connectivity index (χ4n) is 4.12. The fraction of sp³-hybridized carbons (Fsp3) is 0.440. The van der Waals surface area contributed by atoms with E-state index in [1.54, 1.807) is 0 Å². The van der Waals surface area contributed by atoms with Crippen molar-refractivity contribution < 1.29 is 9.53 Å². The van der Waals surface area contributed by atoms with Crippen LogP contribution in [-0.2, 0) is 9.53 Å². The number of guanidine groups is 1. The summed E-state index contributed by atoms with van der Waals surface area (Å²) < 4.78 is 4.90. The van der Waals surface area contributed by atoms with Gasteiger partial charge in [0, 0.05) is 32.1 Å². The first kappa shape index (κ1) is 25.2. The van der Waals surface area contributed by atoms with E-state index in [1.165, 1.54) is 18.2 Å². The van der Waals surface area contributed by atoms with Crippen molar-refractivity contribution in [1.29, 1.82) is 0 Å². The van der Waals surface area contributed by atoms with E-state index >= 15 is 0 Å². The second-order valence-electron chi connectivity index (χ2n) is 7.68. The molecule has 2 aromatic rings. The number of nitrogens with zero attached hydrogens (tertiary/aromatic N) is 2. The number of aliphatic imine (C=N–C) groups is 1. The zero-order chi connectivity index (χ0) is 21.2. The van der Waals surface area contributed by atoms with Gasteiger partial charge in [0.05, 0.1) is 13.0 Å². The molecule has 0 bridgehead atoms. The lowest BCUT2D eigenvalue weighted by Gasteiger charge is -2.33. The van der Waals surface area contributed by atoms with E-state index in [4.69, 9.17) is 9.73 Å². The van der Waals surface area contributed by atoms with Gasteiger partial charge in [0.2, 0.25) is 0 Å². The first-order valence-electron chi connectivity index (χ1n) is 10.9. The number of likely N-dealkylation sites (tertiary alicyclic amines) is 1. The van der Waals surface area contributed by atoms with Crippen molar-refractivity contribution in [3.05, 3.63) is 71.8 Å². The minimum atomic E-state index is -0.0925. The highest BCUT2D eigenvalue weighted by Crippen LogP contribution is 2.28.